The molecule has 0 aromatic heterocycles. The van der Waals surface area contributed by atoms with Gasteiger partial charge in [0, 0.05) is 12.8 Å². The first kappa shape index (κ1) is 17.8. The van der Waals surface area contributed by atoms with Crippen LogP contribution in [-0.2, 0) is 9.53 Å². The van der Waals surface area contributed by atoms with E-state index in [4.69, 9.17) is 4.74 Å². The molecule has 24 heavy (non-hydrogen) atoms. The van der Waals surface area contributed by atoms with Crippen molar-refractivity contribution >= 4 is 17.6 Å². The molecule has 0 bridgehead atoms. The molecule has 1 aromatic rings. The highest BCUT2D eigenvalue weighted by atomic mass is 19.1. The lowest BCUT2D eigenvalue weighted by Gasteiger charge is -2.30. The summed E-state index contributed by atoms with van der Waals surface area (Å²) in [5.74, 6) is -2.15. The number of hydrogen-bond acceptors (Lipinski definition) is 5. The van der Waals surface area contributed by atoms with Gasteiger partial charge in [-0.1, -0.05) is 19.3 Å². The van der Waals surface area contributed by atoms with Crippen molar-refractivity contribution in [1.29, 1.82) is 0 Å². The molecule has 1 fully saturated rings. The number of nitro groups is 1. The van der Waals surface area contributed by atoms with Crippen LogP contribution < -0.4 is 5.32 Å². The average Bonchev–Trinajstić information content (AvgIpc) is 2.54. The fourth-order valence-corrected chi connectivity index (χ4v) is 2.91. The van der Waals surface area contributed by atoms with Gasteiger partial charge < -0.3 is 10.1 Å². The Kier molecular flexibility index (Phi) is 5.83. The van der Waals surface area contributed by atoms with E-state index in [9.17, 15) is 24.1 Å². The van der Waals surface area contributed by atoms with Gasteiger partial charge in [0.2, 0.25) is 0 Å². The van der Waals surface area contributed by atoms with Gasteiger partial charge >= 0.3 is 5.97 Å². The normalized spacial score (nSPS) is 16.2. The van der Waals surface area contributed by atoms with Gasteiger partial charge in [-0.3, -0.25) is 19.7 Å². The second-order valence-electron chi connectivity index (χ2n) is 5.82. The summed E-state index contributed by atoms with van der Waals surface area (Å²) in [6.45, 7) is 1.24. The van der Waals surface area contributed by atoms with E-state index < -0.39 is 34.5 Å². The molecule has 1 aromatic carbocycles. The standard InChI is InChI=1S/C16H19FN2O5/c1-10(20)24-16(11-5-3-2-4-6-11)18-15(21)13-8-7-12(17)9-14(13)19(22)23/h7-9,11,16H,2-6H2,1H3,(H,18,21). The van der Waals surface area contributed by atoms with E-state index in [1.54, 1.807) is 0 Å². The predicted octanol–water partition coefficient (Wildman–Crippen LogP) is 2.93. The Balaban J connectivity index is 2.20. The molecule has 1 aliphatic carbocycles. The average molecular weight is 338 g/mol. The Morgan fingerprint density at radius 3 is 2.58 bits per heavy atom. The van der Waals surface area contributed by atoms with Crippen LogP contribution >= 0.6 is 0 Å². The number of carbonyl (C=O) groups is 2. The number of amides is 1. The molecule has 1 amide bonds. The van der Waals surface area contributed by atoms with Crippen LogP contribution in [0.25, 0.3) is 0 Å². The number of carbonyl (C=O) groups excluding carboxylic acids is 2. The van der Waals surface area contributed by atoms with Crippen LogP contribution in [0.5, 0.6) is 0 Å². The number of hydrogen-bond donors (Lipinski definition) is 1. The third kappa shape index (κ3) is 4.50. The minimum Gasteiger partial charge on any atom is -0.442 e. The number of benzene rings is 1. The van der Waals surface area contributed by atoms with Crippen molar-refractivity contribution < 1.29 is 23.6 Å². The second-order valence-corrected chi connectivity index (χ2v) is 5.82. The first-order valence-corrected chi connectivity index (χ1v) is 7.80. The number of ether oxygens (including phenoxy) is 1. The maximum Gasteiger partial charge on any atom is 0.304 e. The molecule has 0 heterocycles. The Hall–Kier alpha value is -2.51. The maximum atomic E-state index is 13.2. The smallest absolute Gasteiger partial charge is 0.304 e. The van der Waals surface area contributed by atoms with Crippen molar-refractivity contribution in [2.75, 3.05) is 0 Å². The summed E-state index contributed by atoms with van der Waals surface area (Å²) in [5, 5.41) is 13.6. The molecule has 1 atom stereocenters. The van der Waals surface area contributed by atoms with Crippen LogP contribution in [0.4, 0.5) is 10.1 Å². The van der Waals surface area contributed by atoms with Crippen LogP contribution in [0.1, 0.15) is 49.4 Å². The highest BCUT2D eigenvalue weighted by Gasteiger charge is 2.30. The van der Waals surface area contributed by atoms with Crippen LogP contribution in [-0.4, -0.2) is 23.0 Å². The molecule has 0 aliphatic heterocycles. The summed E-state index contributed by atoms with van der Waals surface area (Å²) in [4.78, 5) is 33.9. The lowest BCUT2D eigenvalue weighted by molar-refractivity contribution is -0.385. The molecule has 0 radical (unpaired) electrons. The Morgan fingerprint density at radius 2 is 2.00 bits per heavy atom. The summed E-state index contributed by atoms with van der Waals surface area (Å²) in [7, 11) is 0. The van der Waals surface area contributed by atoms with Crippen molar-refractivity contribution in [3.05, 3.63) is 39.7 Å². The molecular weight excluding hydrogens is 319 g/mol. The van der Waals surface area contributed by atoms with E-state index in [-0.39, 0.29) is 11.5 Å². The summed E-state index contributed by atoms with van der Waals surface area (Å²) < 4.78 is 18.4. The second kappa shape index (κ2) is 7.85. The fraction of sp³-hybridized carbons (Fsp3) is 0.500. The molecule has 1 N–H and O–H groups in total. The maximum absolute atomic E-state index is 13.2. The molecule has 8 heteroatoms. The van der Waals surface area contributed by atoms with Crippen molar-refractivity contribution in [3.8, 4) is 0 Å². The first-order chi connectivity index (χ1) is 11.4. The van der Waals surface area contributed by atoms with Gasteiger partial charge in [0.25, 0.3) is 11.6 Å². The Bertz CT molecular complexity index is 643. The van der Waals surface area contributed by atoms with Crippen molar-refractivity contribution in [2.24, 2.45) is 5.92 Å². The van der Waals surface area contributed by atoms with Gasteiger partial charge in [-0.15, -0.1) is 0 Å². The minimum atomic E-state index is -0.847. The predicted molar refractivity (Wildman–Crippen MR) is 82.6 cm³/mol. The van der Waals surface area contributed by atoms with Gasteiger partial charge in [-0.2, -0.15) is 0 Å². The summed E-state index contributed by atoms with van der Waals surface area (Å²) in [5.41, 5.74) is -0.896. The van der Waals surface area contributed by atoms with Crippen molar-refractivity contribution in [1.82, 2.24) is 5.32 Å². The van der Waals surface area contributed by atoms with Gasteiger partial charge in [-0.05, 0) is 25.0 Å². The van der Waals surface area contributed by atoms with E-state index in [1.807, 2.05) is 0 Å². The van der Waals surface area contributed by atoms with Crippen LogP contribution in [0.15, 0.2) is 18.2 Å². The molecular formula is C16H19FN2O5. The Morgan fingerprint density at radius 1 is 1.33 bits per heavy atom. The SMILES string of the molecule is CC(=O)OC(NC(=O)c1ccc(F)cc1[N+](=O)[O-])C1CCCCC1. The van der Waals surface area contributed by atoms with Crippen LogP contribution in [0.2, 0.25) is 0 Å². The largest absolute Gasteiger partial charge is 0.442 e. The fourth-order valence-electron chi connectivity index (χ4n) is 2.91. The van der Waals surface area contributed by atoms with Crippen LogP contribution in [0.3, 0.4) is 0 Å². The molecule has 7 nitrogen and oxygen atoms in total. The third-order valence-electron chi connectivity index (χ3n) is 4.05. The quantitative estimate of drug-likeness (QED) is 0.385. The lowest BCUT2D eigenvalue weighted by atomic mass is 9.88. The first-order valence-electron chi connectivity index (χ1n) is 7.80. The summed E-state index contributed by atoms with van der Waals surface area (Å²) in [6, 6.07) is 2.72. The van der Waals surface area contributed by atoms with Crippen LogP contribution in [0, 0.1) is 21.8 Å². The Labute approximate surface area is 138 Å². The number of nitro benzene ring substituents is 1. The molecule has 1 aliphatic rings. The number of nitrogens with zero attached hydrogens (tertiary/aromatic N) is 1. The van der Waals surface area contributed by atoms with E-state index in [2.05, 4.69) is 5.32 Å². The topological polar surface area (TPSA) is 98.5 Å². The molecule has 0 spiro atoms. The van der Waals surface area contributed by atoms with Gasteiger partial charge in [0.15, 0.2) is 6.23 Å². The third-order valence-corrected chi connectivity index (χ3v) is 4.05. The zero-order chi connectivity index (χ0) is 17.7. The minimum absolute atomic E-state index is 0.0360. The highest BCUT2D eigenvalue weighted by Crippen LogP contribution is 2.28. The van der Waals surface area contributed by atoms with Crippen molar-refractivity contribution in [3.63, 3.8) is 0 Å². The highest BCUT2D eigenvalue weighted by molar-refractivity contribution is 5.98. The monoisotopic (exact) mass is 338 g/mol. The number of nitrogens with one attached hydrogen (secondary N) is 1. The molecule has 1 saturated carbocycles. The summed E-state index contributed by atoms with van der Waals surface area (Å²) in [6.07, 6.45) is 3.76. The van der Waals surface area contributed by atoms with Gasteiger partial charge in [-0.25, -0.2) is 4.39 Å². The van der Waals surface area contributed by atoms with E-state index in [1.165, 1.54) is 6.92 Å². The number of halogens is 1. The lowest BCUT2D eigenvalue weighted by Crippen LogP contribution is -2.44. The molecule has 2 rings (SSSR count). The van der Waals surface area contributed by atoms with E-state index in [0.29, 0.717) is 6.07 Å². The van der Waals surface area contributed by atoms with E-state index in [0.717, 1.165) is 44.2 Å². The molecule has 130 valence electrons. The molecule has 1 unspecified atom stereocenters. The van der Waals surface area contributed by atoms with Crippen molar-refractivity contribution in [2.45, 2.75) is 45.3 Å². The zero-order valence-corrected chi connectivity index (χ0v) is 13.3. The van der Waals surface area contributed by atoms with E-state index >= 15 is 0 Å². The molecule has 0 saturated heterocycles. The zero-order valence-electron chi connectivity index (χ0n) is 13.3. The number of esters is 1. The number of rotatable bonds is 5. The van der Waals surface area contributed by atoms with Gasteiger partial charge in [0.1, 0.15) is 11.4 Å². The summed E-state index contributed by atoms with van der Waals surface area (Å²) >= 11 is 0. The van der Waals surface area contributed by atoms with Gasteiger partial charge in [0.05, 0.1) is 11.0 Å².